The van der Waals surface area contributed by atoms with Gasteiger partial charge in [-0.1, -0.05) is 39.0 Å². The van der Waals surface area contributed by atoms with Crippen LogP contribution in [0.5, 0.6) is 0 Å². The molecular formula is C16H29N. The van der Waals surface area contributed by atoms with E-state index in [1.807, 2.05) is 0 Å². The summed E-state index contributed by atoms with van der Waals surface area (Å²) in [6.45, 7) is 2.41. The van der Waals surface area contributed by atoms with Gasteiger partial charge in [-0.3, -0.25) is 0 Å². The lowest BCUT2D eigenvalue weighted by Crippen LogP contribution is -2.50. The maximum Gasteiger partial charge on any atom is 0.0101 e. The molecule has 1 nitrogen and oxygen atoms in total. The van der Waals surface area contributed by atoms with Crippen LogP contribution in [0.4, 0.5) is 0 Å². The molecule has 1 heterocycles. The predicted octanol–water partition coefficient (Wildman–Crippen LogP) is 4.12. The van der Waals surface area contributed by atoms with Gasteiger partial charge in [0.15, 0.2) is 0 Å². The largest absolute Gasteiger partial charge is 0.311 e. The number of rotatable bonds is 2. The van der Waals surface area contributed by atoms with E-state index in [0.717, 1.165) is 29.8 Å². The molecule has 1 heteroatoms. The van der Waals surface area contributed by atoms with E-state index in [2.05, 4.69) is 12.2 Å². The van der Waals surface area contributed by atoms with Crippen LogP contribution in [0.15, 0.2) is 0 Å². The lowest BCUT2D eigenvalue weighted by atomic mass is 9.71. The Bertz CT molecular complexity index is 250. The first-order valence-electron chi connectivity index (χ1n) is 8.14. The van der Waals surface area contributed by atoms with Crippen molar-refractivity contribution in [3.8, 4) is 0 Å². The van der Waals surface area contributed by atoms with Gasteiger partial charge >= 0.3 is 0 Å². The van der Waals surface area contributed by atoms with Crippen molar-refractivity contribution in [3.63, 3.8) is 0 Å². The Morgan fingerprint density at radius 1 is 0.824 bits per heavy atom. The fourth-order valence-electron chi connectivity index (χ4n) is 4.96. The second kappa shape index (κ2) is 5.30. The normalized spacial score (nSPS) is 46.8. The van der Waals surface area contributed by atoms with Gasteiger partial charge in [0.2, 0.25) is 0 Å². The van der Waals surface area contributed by atoms with Crippen LogP contribution in [-0.2, 0) is 0 Å². The van der Waals surface area contributed by atoms with E-state index in [1.54, 1.807) is 0 Å². The van der Waals surface area contributed by atoms with E-state index >= 15 is 0 Å². The van der Waals surface area contributed by atoms with Crippen LogP contribution in [0.3, 0.4) is 0 Å². The minimum atomic E-state index is 0.875. The van der Waals surface area contributed by atoms with Gasteiger partial charge in [0, 0.05) is 12.1 Å². The molecule has 5 atom stereocenters. The van der Waals surface area contributed by atoms with Gasteiger partial charge in [0.05, 0.1) is 0 Å². The van der Waals surface area contributed by atoms with Gasteiger partial charge in [-0.05, 0) is 49.9 Å². The Kier molecular flexibility index (Phi) is 3.75. The van der Waals surface area contributed by atoms with Gasteiger partial charge in [0.25, 0.3) is 0 Å². The summed E-state index contributed by atoms with van der Waals surface area (Å²) in [4.78, 5) is 0. The molecule has 0 amide bonds. The van der Waals surface area contributed by atoms with Gasteiger partial charge < -0.3 is 5.32 Å². The SMILES string of the molecule is CCC1CCCCC1C1CCC2CCCC2N1. The minimum Gasteiger partial charge on any atom is -0.311 e. The number of nitrogens with one attached hydrogen (secondary N) is 1. The lowest BCUT2D eigenvalue weighted by Gasteiger charge is -2.43. The molecule has 1 saturated heterocycles. The molecule has 3 aliphatic rings. The Morgan fingerprint density at radius 3 is 2.59 bits per heavy atom. The average molecular weight is 235 g/mol. The topological polar surface area (TPSA) is 12.0 Å². The maximum atomic E-state index is 4.05. The third-order valence-electron chi connectivity index (χ3n) is 5.94. The van der Waals surface area contributed by atoms with Crippen LogP contribution >= 0.6 is 0 Å². The van der Waals surface area contributed by atoms with E-state index in [0.29, 0.717) is 0 Å². The van der Waals surface area contributed by atoms with Crippen molar-refractivity contribution in [1.29, 1.82) is 0 Å². The Hall–Kier alpha value is -0.0400. The van der Waals surface area contributed by atoms with Crippen LogP contribution in [-0.4, -0.2) is 12.1 Å². The van der Waals surface area contributed by atoms with E-state index in [9.17, 15) is 0 Å². The fraction of sp³-hybridized carbons (Fsp3) is 1.00. The minimum absolute atomic E-state index is 0.875. The maximum absolute atomic E-state index is 4.05. The van der Waals surface area contributed by atoms with Crippen molar-refractivity contribution in [2.24, 2.45) is 17.8 Å². The van der Waals surface area contributed by atoms with Crippen molar-refractivity contribution in [1.82, 2.24) is 5.32 Å². The summed E-state index contributed by atoms with van der Waals surface area (Å²) >= 11 is 0. The molecule has 2 saturated carbocycles. The second-order valence-electron chi connectivity index (χ2n) is 6.76. The third-order valence-corrected chi connectivity index (χ3v) is 5.94. The molecule has 3 rings (SSSR count). The van der Waals surface area contributed by atoms with Crippen LogP contribution < -0.4 is 5.32 Å². The van der Waals surface area contributed by atoms with Crippen molar-refractivity contribution >= 4 is 0 Å². The third kappa shape index (κ3) is 2.41. The van der Waals surface area contributed by atoms with Gasteiger partial charge in [0.1, 0.15) is 0 Å². The number of hydrogen-bond acceptors (Lipinski definition) is 1. The first-order chi connectivity index (χ1) is 8.38. The van der Waals surface area contributed by atoms with E-state index in [-0.39, 0.29) is 0 Å². The molecule has 0 radical (unpaired) electrons. The summed E-state index contributed by atoms with van der Waals surface area (Å²) < 4.78 is 0. The van der Waals surface area contributed by atoms with Crippen LogP contribution in [0.1, 0.15) is 71.1 Å². The standard InChI is InChI=1S/C16H29N/c1-2-12-6-3-4-8-14(12)16-11-10-13-7-5-9-15(13)17-16/h12-17H,2-11H2,1H3. The summed E-state index contributed by atoms with van der Waals surface area (Å²) in [6, 6.07) is 1.77. The van der Waals surface area contributed by atoms with Crippen molar-refractivity contribution in [2.75, 3.05) is 0 Å². The smallest absolute Gasteiger partial charge is 0.0101 e. The molecule has 98 valence electrons. The zero-order chi connectivity index (χ0) is 11.7. The average Bonchev–Trinajstić information content (AvgIpc) is 2.85. The molecule has 0 aromatic heterocycles. The molecule has 0 aromatic rings. The molecule has 1 N–H and O–H groups in total. The Labute approximate surface area is 107 Å². The highest BCUT2D eigenvalue weighted by Gasteiger charge is 2.38. The van der Waals surface area contributed by atoms with Crippen molar-refractivity contribution in [3.05, 3.63) is 0 Å². The first-order valence-corrected chi connectivity index (χ1v) is 8.14. The van der Waals surface area contributed by atoms with Gasteiger partial charge in [-0.25, -0.2) is 0 Å². The van der Waals surface area contributed by atoms with Crippen molar-refractivity contribution < 1.29 is 0 Å². The van der Waals surface area contributed by atoms with Crippen LogP contribution in [0.2, 0.25) is 0 Å². The zero-order valence-corrected chi connectivity index (χ0v) is 11.5. The van der Waals surface area contributed by atoms with Gasteiger partial charge in [-0.2, -0.15) is 0 Å². The molecule has 2 aliphatic carbocycles. The molecular weight excluding hydrogens is 206 g/mol. The first kappa shape index (κ1) is 12.0. The highest BCUT2D eigenvalue weighted by molar-refractivity contribution is 4.95. The van der Waals surface area contributed by atoms with E-state index < -0.39 is 0 Å². The second-order valence-corrected chi connectivity index (χ2v) is 6.76. The van der Waals surface area contributed by atoms with E-state index in [1.165, 1.54) is 64.2 Å². The molecule has 5 unspecified atom stereocenters. The molecule has 3 fully saturated rings. The molecule has 0 spiro atoms. The highest BCUT2D eigenvalue weighted by Crippen LogP contribution is 2.41. The zero-order valence-electron chi connectivity index (χ0n) is 11.5. The summed E-state index contributed by atoms with van der Waals surface area (Å²) in [5.41, 5.74) is 0. The highest BCUT2D eigenvalue weighted by atomic mass is 15.0. The lowest BCUT2D eigenvalue weighted by molar-refractivity contribution is 0.125. The number of piperidine rings is 1. The monoisotopic (exact) mass is 235 g/mol. The van der Waals surface area contributed by atoms with E-state index in [4.69, 9.17) is 0 Å². The summed E-state index contributed by atoms with van der Waals surface area (Å²) in [7, 11) is 0. The summed E-state index contributed by atoms with van der Waals surface area (Å²) in [5.74, 6) is 3.07. The predicted molar refractivity (Wildman–Crippen MR) is 73.0 cm³/mol. The number of fused-ring (bicyclic) bond motifs is 1. The van der Waals surface area contributed by atoms with Gasteiger partial charge in [-0.15, -0.1) is 0 Å². The van der Waals surface area contributed by atoms with Crippen LogP contribution in [0, 0.1) is 17.8 Å². The summed E-state index contributed by atoms with van der Waals surface area (Å²) in [5, 5.41) is 4.05. The van der Waals surface area contributed by atoms with Crippen molar-refractivity contribution in [2.45, 2.75) is 83.2 Å². The molecule has 1 aliphatic heterocycles. The fourth-order valence-corrected chi connectivity index (χ4v) is 4.96. The van der Waals surface area contributed by atoms with Crippen LogP contribution in [0.25, 0.3) is 0 Å². The molecule has 17 heavy (non-hydrogen) atoms. The Morgan fingerprint density at radius 2 is 1.71 bits per heavy atom. The number of hydrogen-bond donors (Lipinski definition) is 1. The molecule has 0 aromatic carbocycles. The molecule has 0 bridgehead atoms. The Balaban J connectivity index is 1.63. The summed E-state index contributed by atoms with van der Waals surface area (Å²) in [6.07, 6.45) is 14.9. The quantitative estimate of drug-likeness (QED) is 0.759.